The Morgan fingerprint density at radius 3 is 1.14 bits per heavy atom. The van der Waals surface area contributed by atoms with Crippen molar-refractivity contribution in [3.63, 3.8) is 0 Å². The Labute approximate surface area is 307 Å². The van der Waals surface area contributed by atoms with Gasteiger partial charge < -0.3 is 0 Å². The van der Waals surface area contributed by atoms with E-state index in [-0.39, 0.29) is 23.6 Å². The van der Waals surface area contributed by atoms with E-state index in [9.17, 15) is 19.2 Å². The molecule has 0 bridgehead atoms. The SMILES string of the molecule is CCCCCCCCN1C(=O)c2c3cc([Si](C)(C)C)sc3c3c4c(c5cc([Si](C)(C)C)sc5c(c24)C1=O)C(=O)N(CCCCCCCC)C3=O. The number of fused-ring (bicyclic) bond motifs is 6. The number of carbonyl (C=O) groups is 4. The van der Waals surface area contributed by atoms with Crippen LogP contribution >= 0.6 is 22.7 Å². The van der Waals surface area contributed by atoms with Crippen molar-refractivity contribution in [2.45, 2.75) is 130 Å². The summed E-state index contributed by atoms with van der Waals surface area (Å²) in [5.41, 5.74) is 2.05. The Kier molecular flexibility index (Phi) is 10.7. The molecule has 0 aliphatic carbocycles. The molecule has 2 aromatic carbocycles. The van der Waals surface area contributed by atoms with E-state index in [1.54, 1.807) is 22.7 Å². The Hall–Kier alpha value is -2.67. The molecule has 0 spiro atoms. The van der Waals surface area contributed by atoms with Crippen molar-refractivity contribution < 1.29 is 19.2 Å². The quantitative estimate of drug-likeness (QED) is 0.0650. The molecular weight excluding hydrogens is 693 g/mol. The van der Waals surface area contributed by atoms with Crippen molar-refractivity contribution in [1.29, 1.82) is 0 Å². The molecule has 50 heavy (non-hydrogen) atoms. The maximum atomic E-state index is 14.7. The zero-order chi connectivity index (χ0) is 36.1. The van der Waals surface area contributed by atoms with Crippen LogP contribution in [0.3, 0.4) is 0 Å². The second-order valence-electron chi connectivity index (χ2n) is 16.5. The van der Waals surface area contributed by atoms with E-state index in [1.165, 1.54) is 44.5 Å². The van der Waals surface area contributed by atoms with E-state index in [1.807, 2.05) is 0 Å². The number of amides is 4. The van der Waals surface area contributed by atoms with Gasteiger partial charge in [-0.1, -0.05) is 117 Å². The molecule has 4 aromatic rings. The van der Waals surface area contributed by atoms with E-state index in [0.29, 0.717) is 46.1 Å². The molecule has 2 aliphatic rings. The molecule has 6 rings (SSSR count). The molecule has 0 radical (unpaired) electrons. The molecule has 4 heterocycles. The van der Waals surface area contributed by atoms with Crippen LogP contribution in [0.2, 0.25) is 39.3 Å². The predicted octanol–water partition coefficient (Wildman–Crippen LogP) is 10.3. The first kappa shape index (κ1) is 37.1. The van der Waals surface area contributed by atoms with Crippen LogP contribution in [0.5, 0.6) is 0 Å². The molecule has 0 atom stereocenters. The number of hydrogen-bond donors (Lipinski definition) is 0. The van der Waals surface area contributed by atoms with Crippen molar-refractivity contribution in [3.05, 3.63) is 34.4 Å². The summed E-state index contributed by atoms with van der Waals surface area (Å²) in [5, 5.41) is 2.62. The van der Waals surface area contributed by atoms with Crippen LogP contribution in [0.25, 0.3) is 30.9 Å². The molecule has 0 saturated heterocycles. The molecule has 2 aliphatic heterocycles. The third-order valence-corrected chi connectivity index (χ3v) is 20.0. The molecule has 2 aromatic heterocycles. The zero-order valence-electron chi connectivity index (χ0n) is 31.4. The van der Waals surface area contributed by atoms with Gasteiger partial charge in [0.05, 0.1) is 38.4 Å². The Morgan fingerprint density at radius 2 is 0.800 bits per heavy atom. The Bertz CT molecular complexity index is 1760. The van der Waals surface area contributed by atoms with Crippen LogP contribution in [0.15, 0.2) is 12.1 Å². The minimum absolute atomic E-state index is 0.281. The van der Waals surface area contributed by atoms with E-state index in [4.69, 9.17) is 0 Å². The summed E-state index contributed by atoms with van der Waals surface area (Å²) in [7, 11) is -3.71. The van der Waals surface area contributed by atoms with E-state index in [0.717, 1.165) is 71.5 Å². The van der Waals surface area contributed by atoms with E-state index >= 15 is 0 Å². The van der Waals surface area contributed by atoms with Crippen LogP contribution in [0, 0.1) is 0 Å². The maximum absolute atomic E-state index is 14.7. The summed E-state index contributed by atoms with van der Waals surface area (Å²) in [4.78, 5) is 61.8. The first-order valence-electron chi connectivity index (χ1n) is 19.0. The molecule has 10 heteroatoms. The number of imide groups is 2. The highest BCUT2D eigenvalue weighted by Crippen LogP contribution is 2.49. The minimum Gasteiger partial charge on any atom is -0.274 e. The van der Waals surface area contributed by atoms with Crippen LogP contribution in [0.4, 0.5) is 0 Å². The van der Waals surface area contributed by atoms with Gasteiger partial charge in [0.15, 0.2) is 0 Å². The van der Waals surface area contributed by atoms with Crippen LogP contribution in [0.1, 0.15) is 132 Å². The number of thiophene rings is 2. The second kappa shape index (κ2) is 14.4. The average molecular weight is 747 g/mol. The summed E-state index contributed by atoms with van der Waals surface area (Å²) in [6.45, 7) is 18.8. The molecular formula is C40H54N2O4S2Si2. The van der Waals surface area contributed by atoms with Crippen molar-refractivity contribution in [1.82, 2.24) is 9.80 Å². The highest BCUT2D eigenvalue weighted by molar-refractivity contribution is 7.32. The van der Waals surface area contributed by atoms with Gasteiger partial charge in [0.25, 0.3) is 23.6 Å². The number of carbonyl (C=O) groups excluding carboxylic acids is 4. The normalized spacial score (nSPS) is 15.2. The number of nitrogens with zero attached hydrogens (tertiary/aromatic N) is 2. The minimum atomic E-state index is -1.86. The zero-order valence-corrected chi connectivity index (χ0v) is 35.0. The van der Waals surface area contributed by atoms with Crippen LogP contribution < -0.4 is 9.00 Å². The molecule has 4 amide bonds. The van der Waals surface area contributed by atoms with Gasteiger partial charge in [-0.3, -0.25) is 29.0 Å². The van der Waals surface area contributed by atoms with Crippen molar-refractivity contribution in [3.8, 4) is 0 Å². The fraction of sp³-hybridized carbons (Fsp3) is 0.550. The van der Waals surface area contributed by atoms with Crippen LogP contribution in [-0.2, 0) is 0 Å². The topological polar surface area (TPSA) is 74.8 Å². The summed E-state index contributed by atoms with van der Waals surface area (Å²) in [6, 6.07) is 4.29. The number of benzene rings is 2. The van der Waals surface area contributed by atoms with Gasteiger partial charge in [0.2, 0.25) is 0 Å². The standard InChI is InChI=1S/C40H54N2O4S2Si2/c1-9-11-13-15-17-19-21-41-37(43)29-25-23-27(49(3,4)5)48-36(25)34-32-30(38(44)42(40(34)46)22-20-18-16-14-12-10-2)26-24-28(50(6,7)8)47-35(26)33(31(29)32)39(41)45/h23-24H,9-22H2,1-8H3. The predicted molar refractivity (Wildman–Crippen MR) is 218 cm³/mol. The number of hydrogen-bond acceptors (Lipinski definition) is 6. The summed E-state index contributed by atoms with van der Waals surface area (Å²) < 4.78 is 4.01. The second-order valence-corrected chi connectivity index (χ2v) is 29.4. The van der Waals surface area contributed by atoms with Gasteiger partial charge in [-0.25, -0.2) is 0 Å². The monoisotopic (exact) mass is 746 g/mol. The van der Waals surface area contributed by atoms with Crippen LogP contribution in [-0.4, -0.2) is 62.7 Å². The van der Waals surface area contributed by atoms with Gasteiger partial charge in [0.1, 0.15) is 0 Å². The molecule has 268 valence electrons. The van der Waals surface area contributed by atoms with Gasteiger partial charge in [0, 0.05) is 44.0 Å². The molecule has 6 nitrogen and oxygen atoms in total. The van der Waals surface area contributed by atoms with Gasteiger partial charge in [-0.2, -0.15) is 0 Å². The van der Waals surface area contributed by atoms with Crippen molar-refractivity contribution in [2.75, 3.05) is 13.1 Å². The van der Waals surface area contributed by atoms with Crippen molar-refractivity contribution >= 4 is 102 Å². The van der Waals surface area contributed by atoms with Gasteiger partial charge >= 0.3 is 0 Å². The fourth-order valence-corrected chi connectivity index (χ4v) is 13.7. The highest BCUT2D eigenvalue weighted by atomic mass is 32.1. The summed E-state index contributed by atoms with van der Waals surface area (Å²) >= 11 is 3.24. The van der Waals surface area contributed by atoms with E-state index < -0.39 is 16.1 Å². The Morgan fingerprint density at radius 1 is 0.480 bits per heavy atom. The first-order chi connectivity index (χ1) is 23.7. The lowest BCUT2D eigenvalue weighted by Crippen LogP contribution is -2.44. The summed E-state index contributed by atoms with van der Waals surface area (Å²) in [5.74, 6) is -1.13. The average Bonchev–Trinajstić information content (AvgIpc) is 3.70. The smallest absolute Gasteiger partial charge is 0.262 e. The third kappa shape index (κ3) is 6.47. The fourth-order valence-electron chi connectivity index (χ4n) is 7.59. The molecule has 0 unspecified atom stereocenters. The largest absolute Gasteiger partial charge is 0.274 e. The molecule has 0 N–H and O–H groups in total. The van der Waals surface area contributed by atoms with Gasteiger partial charge in [-0.15, -0.1) is 22.7 Å². The van der Waals surface area contributed by atoms with E-state index in [2.05, 4.69) is 65.3 Å². The lowest BCUT2D eigenvalue weighted by atomic mass is 9.82. The highest BCUT2D eigenvalue weighted by Gasteiger charge is 2.45. The first-order valence-corrected chi connectivity index (χ1v) is 27.6. The number of rotatable bonds is 16. The lowest BCUT2D eigenvalue weighted by molar-refractivity contribution is 0.0590. The molecule has 0 fully saturated rings. The maximum Gasteiger partial charge on any atom is 0.262 e. The Balaban J connectivity index is 1.61. The lowest BCUT2D eigenvalue weighted by Gasteiger charge is -2.33. The third-order valence-electron chi connectivity index (χ3n) is 10.5. The molecule has 0 saturated carbocycles. The summed E-state index contributed by atoms with van der Waals surface area (Å²) in [6.07, 6.45) is 12.7. The van der Waals surface area contributed by atoms with Gasteiger partial charge in [-0.05, 0) is 34.0 Å². The van der Waals surface area contributed by atoms with Crippen molar-refractivity contribution in [2.24, 2.45) is 0 Å². The number of unbranched alkanes of at least 4 members (excludes halogenated alkanes) is 10.